The minimum absolute atomic E-state index is 0.108. The minimum atomic E-state index is 0.108. The van der Waals surface area contributed by atoms with E-state index in [9.17, 15) is 4.79 Å². The largest absolute Gasteiger partial charge is 0.310 e. The molecule has 0 atom stereocenters. The van der Waals surface area contributed by atoms with Gasteiger partial charge in [0.15, 0.2) is 0 Å². The highest BCUT2D eigenvalue weighted by molar-refractivity contribution is 5.92. The second kappa shape index (κ2) is 5.34. The Morgan fingerprint density at radius 3 is 2.55 bits per heavy atom. The van der Waals surface area contributed by atoms with Crippen molar-refractivity contribution in [3.63, 3.8) is 0 Å². The Labute approximate surface area is 129 Å². The molecule has 0 aliphatic heterocycles. The number of carbonyl (C=O) groups excluding carboxylic acids is 1. The molecule has 2 heterocycles. The molecular formula is C16H21N5O. The molecule has 2 saturated carbocycles. The highest BCUT2D eigenvalue weighted by Gasteiger charge is 2.35. The molecule has 0 spiro atoms. The van der Waals surface area contributed by atoms with Crippen LogP contribution in [0.1, 0.15) is 44.2 Å². The smallest absolute Gasteiger partial charge is 0.254 e. The average Bonchev–Trinajstić information content (AvgIpc) is 3.26. The van der Waals surface area contributed by atoms with Gasteiger partial charge in [0.2, 0.25) is 5.91 Å². The van der Waals surface area contributed by atoms with Crippen molar-refractivity contribution in [2.75, 3.05) is 5.32 Å². The van der Waals surface area contributed by atoms with Gasteiger partial charge in [-0.25, -0.2) is 4.98 Å². The number of hydrogen-bond donors (Lipinski definition) is 1. The summed E-state index contributed by atoms with van der Waals surface area (Å²) in [4.78, 5) is 20.9. The van der Waals surface area contributed by atoms with E-state index in [0.29, 0.717) is 11.6 Å². The number of anilines is 1. The fourth-order valence-corrected chi connectivity index (χ4v) is 3.67. The standard InChI is InChI=1S/C16H21N5O/c1-10-8-14(21-16(19-10)17-9-18-21)20-15(22)13-6-4-12(5-7-13)11-2-3-11/h8-9,11-13H,2-7H2,1H3,(H,20,22). The second-order valence-corrected chi connectivity index (χ2v) is 6.69. The van der Waals surface area contributed by atoms with Gasteiger partial charge in [-0.1, -0.05) is 0 Å². The molecule has 2 aromatic rings. The molecule has 0 radical (unpaired) electrons. The van der Waals surface area contributed by atoms with Crippen molar-refractivity contribution in [2.24, 2.45) is 17.8 Å². The normalized spacial score (nSPS) is 25.3. The lowest BCUT2D eigenvalue weighted by molar-refractivity contribution is -0.121. The molecule has 116 valence electrons. The molecule has 6 heteroatoms. The van der Waals surface area contributed by atoms with Crippen LogP contribution in [0, 0.1) is 24.7 Å². The van der Waals surface area contributed by atoms with Crippen LogP contribution in [-0.4, -0.2) is 25.5 Å². The first kappa shape index (κ1) is 13.7. The molecule has 2 aliphatic carbocycles. The van der Waals surface area contributed by atoms with Gasteiger partial charge in [0.25, 0.3) is 5.78 Å². The van der Waals surface area contributed by atoms with Crippen molar-refractivity contribution in [2.45, 2.75) is 45.4 Å². The van der Waals surface area contributed by atoms with E-state index < -0.39 is 0 Å². The first-order chi connectivity index (χ1) is 10.7. The molecule has 0 bridgehead atoms. The molecule has 2 aromatic heterocycles. The van der Waals surface area contributed by atoms with Gasteiger partial charge in [0, 0.05) is 17.7 Å². The molecule has 1 N–H and O–H groups in total. The van der Waals surface area contributed by atoms with Gasteiger partial charge in [-0.2, -0.15) is 14.6 Å². The molecule has 1 amide bonds. The van der Waals surface area contributed by atoms with Crippen LogP contribution in [0.4, 0.5) is 5.82 Å². The molecule has 2 fully saturated rings. The van der Waals surface area contributed by atoms with E-state index >= 15 is 0 Å². The van der Waals surface area contributed by atoms with Crippen LogP contribution in [-0.2, 0) is 4.79 Å². The summed E-state index contributed by atoms with van der Waals surface area (Å²) >= 11 is 0. The summed E-state index contributed by atoms with van der Waals surface area (Å²) in [5, 5.41) is 7.15. The van der Waals surface area contributed by atoms with E-state index in [1.807, 2.05) is 13.0 Å². The lowest BCUT2D eigenvalue weighted by Crippen LogP contribution is -2.28. The molecule has 0 saturated heterocycles. The van der Waals surface area contributed by atoms with Crippen molar-refractivity contribution in [3.05, 3.63) is 18.1 Å². The molecule has 4 rings (SSSR count). The lowest BCUT2D eigenvalue weighted by Gasteiger charge is -2.27. The fourth-order valence-electron chi connectivity index (χ4n) is 3.67. The van der Waals surface area contributed by atoms with Gasteiger partial charge in [-0.3, -0.25) is 4.79 Å². The Hall–Kier alpha value is -1.98. The number of aromatic nitrogens is 4. The molecule has 22 heavy (non-hydrogen) atoms. The number of nitrogens with zero attached hydrogens (tertiary/aromatic N) is 4. The maximum Gasteiger partial charge on any atom is 0.254 e. The maximum absolute atomic E-state index is 12.5. The lowest BCUT2D eigenvalue weighted by atomic mass is 9.79. The number of fused-ring (bicyclic) bond motifs is 1. The van der Waals surface area contributed by atoms with Gasteiger partial charge in [-0.05, 0) is 57.3 Å². The van der Waals surface area contributed by atoms with Crippen molar-refractivity contribution in [1.82, 2.24) is 19.6 Å². The Morgan fingerprint density at radius 2 is 1.86 bits per heavy atom. The molecular weight excluding hydrogens is 278 g/mol. The Kier molecular flexibility index (Phi) is 3.32. The van der Waals surface area contributed by atoms with Crippen molar-refractivity contribution >= 4 is 17.5 Å². The number of amides is 1. The van der Waals surface area contributed by atoms with Crippen molar-refractivity contribution in [3.8, 4) is 0 Å². The average molecular weight is 299 g/mol. The zero-order valence-electron chi connectivity index (χ0n) is 12.8. The van der Waals surface area contributed by atoms with Crippen LogP contribution in [0.5, 0.6) is 0 Å². The third-order valence-electron chi connectivity index (χ3n) is 5.06. The van der Waals surface area contributed by atoms with E-state index in [2.05, 4.69) is 20.4 Å². The molecule has 2 aliphatic rings. The van der Waals surface area contributed by atoms with Crippen LogP contribution in [0.2, 0.25) is 0 Å². The predicted molar refractivity (Wildman–Crippen MR) is 82.3 cm³/mol. The summed E-state index contributed by atoms with van der Waals surface area (Å²) in [6, 6.07) is 1.84. The Morgan fingerprint density at radius 1 is 1.18 bits per heavy atom. The summed E-state index contributed by atoms with van der Waals surface area (Å²) in [6.45, 7) is 1.89. The van der Waals surface area contributed by atoms with Crippen LogP contribution in [0.15, 0.2) is 12.4 Å². The number of aryl methyl sites for hydroxylation is 1. The SMILES string of the molecule is Cc1cc(NC(=O)C2CCC(C3CC3)CC2)n2ncnc2n1. The maximum atomic E-state index is 12.5. The molecule has 6 nitrogen and oxygen atoms in total. The van der Waals surface area contributed by atoms with E-state index in [1.165, 1.54) is 32.0 Å². The van der Waals surface area contributed by atoms with Gasteiger partial charge in [-0.15, -0.1) is 0 Å². The van der Waals surface area contributed by atoms with Crippen LogP contribution in [0.25, 0.3) is 5.78 Å². The van der Waals surface area contributed by atoms with E-state index in [0.717, 1.165) is 30.4 Å². The highest BCUT2D eigenvalue weighted by atomic mass is 16.2. The third kappa shape index (κ3) is 2.58. The first-order valence-corrected chi connectivity index (χ1v) is 8.19. The minimum Gasteiger partial charge on any atom is -0.310 e. The number of carbonyl (C=O) groups is 1. The van der Waals surface area contributed by atoms with Crippen molar-refractivity contribution in [1.29, 1.82) is 0 Å². The van der Waals surface area contributed by atoms with E-state index in [-0.39, 0.29) is 11.8 Å². The van der Waals surface area contributed by atoms with Crippen LogP contribution >= 0.6 is 0 Å². The summed E-state index contributed by atoms with van der Waals surface area (Å²) in [7, 11) is 0. The summed E-state index contributed by atoms with van der Waals surface area (Å²) in [6.07, 6.45) is 8.70. The summed E-state index contributed by atoms with van der Waals surface area (Å²) < 4.78 is 1.58. The van der Waals surface area contributed by atoms with Crippen molar-refractivity contribution < 1.29 is 4.79 Å². The number of nitrogens with one attached hydrogen (secondary N) is 1. The quantitative estimate of drug-likeness (QED) is 0.945. The van der Waals surface area contributed by atoms with E-state index in [4.69, 9.17) is 0 Å². The predicted octanol–water partition coefficient (Wildman–Crippen LogP) is 2.59. The Bertz CT molecular complexity index is 698. The highest BCUT2D eigenvalue weighted by Crippen LogP contribution is 2.45. The third-order valence-corrected chi connectivity index (χ3v) is 5.06. The first-order valence-electron chi connectivity index (χ1n) is 8.19. The zero-order chi connectivity index (χ0) is 15.1. The molecule has 0 aromatic carbocycles. The van der Waals surface area contributed by atoms with Gasteiger partial charge in [0.05, 0.1) is 0 Å². The zero-order valence-corrected chi connectivity index (χ0v) is 12.8. The van der Waals surface area contributed by atoms with Crippen LogP contribution in [0.3, 0.4) is 0 Å². The fraction of sp³-hybridized carbons (Fsp3) is 0.625. The van der Waals surface area contributed by atoms with Gasteiger partial charge < -0.3 is 5.32 Å². The number of hydrogen-bond acceptors (Lipinski definition) is 4. The topological polar surface area (TPSA) is 72.2 Å². The second-order valence-electron chi connectivity index (χ2n) is 6.69. The van der Waals surface area contributed by atoms with Gasteiger partial charge in [0.1, 0.15) is 12.1 Å². The monoisotopic (exact) mass is 299 g/mol. The Balaban J connectivity index is 1.45. The number of rotatable bonds is 3. The van der Waals surface area contributed by atoms with Crippen LogP contribution < -0.4 is 5.32 Å². The molecule has 0 unspecified atom stereocenters. The van der Waals surface area contributed by atoms with E-state index in [1.54, 1.807) is 4.52 Å². The van der Waals surface area contributed by atoms with Gasteiger partial charge >= 0.3 is 0 Å². The summed E-state index contributed by atoms with van der Waals surface area (Å²) in [5.74, 6) is 3.25. The summed E-state index contributed by atoms with van der Waals surface area (Å²) in [5.41, 5.74) is 0.827.